The number of benzene rings is 2. The first-order valence-corrected chi connectivity index (χ1v) is 18.5. The van der Waals surface area contributed by atoms with Gasteiger partial charge >= 0.3 is 0 Å². The van der Waals surface area contributed by atoms with E-state index in [9.17, 15) is 9.90 Å². The fourth-order valence-corrected chi connectivity index (χ4v) is 7.17. The molecule has 0 aliphatic heterocycles. The first-order valence-electron chi connectivity index (χ1n) is 17.6. The van der Waals surface area contributed by atoms with Crippen molar-refractivity contribution in [3.63, 3.8) is 0 Å². The number of pyridine rings is 2. The second kappa shape index (κ2) is 18.2. The Hall–Kier alpha value is -3.18. The molecule has 1 N–H and O–H groups in total. The molecule has 5 rings (SSSR count). The molecule has 0 saturated carbocycles. The van der Waals surface area contributed by atoms with Gasteiger partial charge in [0.2, 0.25) is 0 Å². The first kappa shape index (κ1) is 40.3. The number of ketones is 1. The number of allylic oxidation sites excluding steroid dienone is 2. The van der Waals surface area contributed by atoms with E-state index in [1.807, 2.05) is 40.1 Å². The fraction of sp³-hybridized carbons (Fsp3) is 0.419. The smallest absolute Gasteiger partial charge is 0.162 e. The van der Waals surface area contributed by atoms with Crippen LogP contribution in [0.2, 0.25) is 0 Å². The van der Waals surface area contributed by atoms with E-state index < -0.39 is 0 Å². The monoisotopic (exact) mass is 854 g/mol. The maximum absolute atomic E-state index is 11.7. The van der Waals surface area contributed by atoms with Gasteiger partial charge in [0.25, 0.3) is 0 Å². The third-order valence-electron chi connectivity index (χ3n) is 9.17. The Morgan fingerprint density at radius 2 is 1.57 bits per heavy atom. The van der Waals surface area contributed by atoms with Crippen LogP contribution >= 0.6 is 11.3 Å². The molecule has 3 heterocycles. The van der Waals surface area contributed by atoms with Crippen molar-refractivity contribution in [2.75, 3.05) is 0 Å². The Labute approximate surface area is 311 Å². The molecule has 0 atom stereocenters. The minimum atomic E-state index is 0. The number of rotatable bonds is 11. The van der Waals surface area contributed by atoms with E-state index in [0.29, 0.717) is 5.92 Å². The number of carbonyl (C=O) groups excluding carboxylic acids is 1. The van der Waals surface area contributed by atoms with Crippen molar-refractivity contribution >= 4 is 38.0 Å². The molecule has 0 unspecified atom stereocenters. The molecule has 6 heteroatoms. The zero-order valence-electron chi connectivity index (χ0n) is 30.7. The predicted molar refractivity (Wildman–Crippen MR) is 206 cm³/mol. The molecule has 1 radical (unpaired) electrons. The molecule has 0 saturated heterocycles. The SMILES string of the molecule is CC(C)Cc1csc2cnc(-c3ccnc(-c4[c-]c5ccccc5c(C(C)(C)C)c4)c3)cc12.CCC(CC)C(=O)/C=C(\O)C(CC)CC.[Ir]. The van der Waals surface area contributed by atoms with Gasteiger partial charge in [0.1, 0.15) is 0 Å². The van der Waals surface area contributed by atoms with Crippen molar-refractivity contribution in [1.82, 2.24) is 9.97 Å². The zero-order chi connectivity index (χ0) is 35.0. The summed E-state index contributed by atoms with van der Waals surface area (Å²) in [6.45, 7) is 19.4. The summed E-state index contributed by atoms with van der Waals surface area (Å²) in [7, 11) is 0. The van der Waals surface area contributed by atoms with Crippen molar-refractivity contribution in [3.05, 3.63) is 95.3 Å². The van der Waals surface area contributed by atoms with Crippen LogP contribution in [0.3, 0.4) is 0 Å². The van der Waals surface area contributed by atoms with Crippen LogP contribution in [-0.4, -0.2) is 20.9 Å². The number of aliphatic hydroxyl groups is 1. The topological polar surface area (TPSA) is 63.1 Å². The number of thiophene rings is 1. The van der Waals surface area contributed by atoms with Crippen LogP contribution in [0.15, 0.2) is 78.1 Å². The summed E-state index contributed by atoms with van der Waals surface area (Å²) >= 11 is 1.78. The second-order valence-corrected chi connectivity index (χ2v) is 15.2. The molecule has 0 amide bonds. The molecule has 0 bridgehead atoms. The normalized spacial score (nSPS) is 12.0. The summed E-state index contributed by atoms with van der Waals surface area (Å²) in [6, 6.07) is 20.8. The molecule has 5 aromatic rings. The Kier molecular flexibility index (Phi) is 14.9. The molecular weight excluding hydrogens is 801 g/mol. The van der Waals surface area contributed by atoms with E-state index in [1.165, 1.54) is 32.7 Å². The number of aromatic nitrogens is 2. The Balaban J connectivity index is 0.000000347. The summed E-state index contributed by atoms with van der Waals surface area (Å²) in [4.78, 5) is 21.2. The van der Waals surface area contributed by atoms with Gasteiger partial charge < -0.3 is 5.11 Å². The first-order chi connectivity index (χ1) is 22.9. The summed E-state index contributed by atoms with van der Waals surface area (Å²) in [6.07, 6.45) is 9.90. The van der Waals surface area contributed by atoms with E-state index in [1.54, 1.807) is 11.3 Å². The summed E-state index contributed by atoms with van der Waals surface area (Å²) in [5.74, 6) is 1.18. The third-order valence-corrected chi connectivity index (χ3v) is 10.1. The van der Waals surface area contributed by atoms with Crippen LogP contribution in [0.25, 0.3) is 43.4 Å². The number of nitrogens with zero attached hydrogens (tertiary/aromatic N) is 2. The maximum Gasteiger partial charge on any atom is 0.162 e. The average Bonchev–Trinajstić information content (AvgIpc) is 3.46. The number of carbonyl (C=O) groups is 1. The van der Waals surface area contributed by atoms with Crippen molar-refractivity contribution in [1.29, 1.82) is 0 Å². The molecule has 49 heavy (non-hydrogen) atoms. The Morgan fingerprint density at radius 3 is 2.20 bits per heavy atom. The largest absolute Gasteiger partial charge is 0.512 e. The number of aliphatic hydroxyl groups excluding tert-OH is 1. The third kappa shape index (κ3) is 10.2. The molecule has 2 aromatic carbocycles. The van der Waals surface area contributed by atoms with Crippen LogP contribution in [0.1, 0.15) is 99.1 Å². The molecule has 0 spiro atoms. The molecule has 263 valence electrons. The molecule has 4 nitrogen and oxygen atoms in total. The van der Waals surface area contributed by atoms with Gasteiger partial charge in [0.05, 0.1) is 16.2 Å². The maximum atomic E-state index is 11.7. The number of hydrogen-bond donors (Lipinski definition) is 1. The van der Waals surface area contributed by atoms with Gasteiger partial charge in [0, 0.05) is 56.1 Å². The van der Waals surface area contributed by atoms with Gasteiger partial charge in [-0.15, -0.1) is 40.5 Å². The van der Waals surface area contributed by atoms with Crippen molar-refractivity contribution in [2.45, 2.75) is 99.8 Å². The van der Waals surface area contributed by atoms with Crippen LogP contribution in [0.5, 0.6) is 0 Å². The molecule has 0 aliphatic rings. The van der Waals surface area contributed by atoms with Gasteiger partial charge in [0.15, 0.2) is 5.78 Å². The molecular formula is C43H53IrN2O2S-. The quantitative estimate of drug-likeness (QED) is 0.0817. The van der Waals surface area contributed by atoms with Crippen molar-refractivity contribution in [3.8, 4) is 22.5 Å². The Bertz CT molecular complexity index is 1860. The van der Waals surface area contributed by atoms with Gasteiger partial charge in [-0.25, -0.2) is 0 Å². The van der Waals surface area contributed by atoms with E-state index in [2.05, 4.69) is 94.6 Å². The van der Waals surface area contributed by atoms with E-state index in [4.69, 9.17) is 9.97 Å². The van der Waals surface area contributed by atoms with Crippen molar-refractivity contribution < 1.29 is 30.0 Å². The molecule has 0 fully saturated rings. The van der Waals surface area contributed by atoms with Gasteiger partial charge in [-0.2, -0.15) is 0 Å². The number of hydrogen-bond acceptors (Lipinski definition) is 5. The standard InChI is InChI=1S/C30H29N2S.C13H24O2.Ir/c1-19(2)12-23-18-33-29-17-32-28(16-25(23)29)21-10-11-31-27(15-21)22-13-20-8-6-7-9-24(20)26(14-22)30(3,4)5;1-5-10(6-2)12(14)9-13(15)11(7-3)8-4;/h6-11,14-19H,12H2,1-5H3;9-11,14H,5-8H2,1-4H3;/q-1;;/b;12-9-;. The minimum Gasteiger partial charge on any atom is -0.512 e. The summed E-state index contributed by atoms with van der Waals surface area (Å²) in [5.41, 5.74) is 6.79. The molecule has 0 aliphatic carbocycles. The van der Waals surface area contributed by atoms with Crippen LogP contribution in [0, 0.1) is 23.8 Å². The van der Waals surface area contributed by atoms with E-state index >= 15 is 0 Å². The average molecular weight is 854 g/mol. The number of fused-ring (bicyclic) bond motifs is 2. The zero-order valence-corrected chi connectivity index (χ0v) is 33.9. The van der Waals surface area contributed by atoms with E-state index in [-0.39, 0.29) is 48.9 Å². The fourth-order valence-electron chi connectivity index (χ4n) is 6.25. The van der Waals surface area contributed by atoms with Gasteiger partial charge in [-0.3, -0.25) is 14.8 Å². The van der Waals surface area contributed by atoms with E-state index in [0.717, 1.165) is 60.0 Å². The Morgan fingerprint density at radius 1 is 0.898 bits per heavy atom. The molecule has 3 aromatic heterocycles. The van der Waals surface area contributed by atoms with Gasteiger partial charge in [-0.1, -0.05) is 97.5 Å². The van der Waals surface area contributed by atoms with Crippen molar-refractivity contribution in [2.24, 2.45) is 17.8 Å². The minimum absolute atomic E-state index is 0. The van der Waals surface area contributed by atoms with Crippen LogP contribution in [-0.2, 0) is 36.7 Å². The summed E-state index contributed by atoms with van der Waals surface area (Å²) < 4.78 is 1.25. The summed E-state index contributed by atoms with van der Waals surface area (Å²) in [5, 5.41) is 15.8. The second-order valence-electron chi connectivity index (χ2n) is 14.2. The predicted octanol–water partition coefficient (Wildman–Crippen LogP) is 12.3. The van der Waals surface area contributed by atoms with Gasteiger partial charge in [-0.05, 0) is 77.5 Å². The van der Waals surface area contributed by atoms with Crippen LogP contribution < -0.4 is 0 Å². The van der Waals surface area contributed by atoms with Crippen LogP contribution in [0.4, 0.5) is 0 Å².